The Morgan fingerprint density at radius 3 is 1.93 bits per heavy atom. The first kappa shape index (κ1) is 61.4. The van der Waals surface area contributed by atoms with Crippen molar-refractivity contribution in [1.82, 2.24) is 46.0 Å². The van der Waals surface area contributed by atoms with E-state index < -0.39 is 115 Å². The number of pyridine rings is 1. The zero-order valence-corrected chi connectivity index (χ0v) is 44.6. The Morgan fingerprint density at radius 2 is 1.42 bits per heavy atom. The quantitative estimate of drug-likeness (QED) is 0.0323. The second-order valence-corrected chi connectivity index (χ2v) is 21.2. The van der Waals surface area contributed by atoms with Crippen molar-refractivity contribution in [3.05, 3.63) is 100 Å². The standard InChI is InChI=1S/C53H60F10N10O8/c1-28-31(13-16-42(64-28)70-22-33-14-15-34(23-70)73(33)35-26-81-27-35)12-11-29-7-9-30(10-8-29)19-40(65-45(75)43(67-49(79)80-6)50(2,3)52(58,59)60)41(74)25-71(69-46(76)44(66-48(77)78)51(4,5)53(61,62)63)24-36-37(54)20-32(21-38(36)55)39-17-18-72(68-39)47(56)57/h7-10,13,16-18,20-21,33-35,40-41,43-44,47,66,74H,14-15,19,22-27H2,1-6H3,(H,65,75)(H,67,79)(H,69,76)(H,77,78). The molecule has 0 aliphatic carbocycles. The Bertz CT molecular complexity index is 2960. The molecular formula is C53H60F10N10O8. The summed E-state index contributed by atoms with van der Waals surface area (Å²) in [6.45, 7) is 1.62. The van der Waals surface area contributed by atoms with Crippen LogP contribution in [-0.4, -0.2) is 154 Å². The number of aryl methyl sites for hydroxylation is 1. The number of aliphatic hydroxyl groups excluding tert-OH is 1. The van der Waals surface area contributed by atoms with Crippen molar-refractivity contribution in [1.29, 1.82) is 0 Å². The number of halogens is 10. The van der Waals surface area contributed by atoms with Crippen molar-refractivity contribution in [2.24, 2.45) is 10.8 Å². The van der Waals surface area contributed by atoms with Gasteiger partial charge in [0.1, 0.15) is 29.5 Å². The Morgan fingerprint density at radius 1 is 0.827 bits per heavy atom. The predicted octanol–water partition coefficient (Wildman–Crippen LogP) is 6.84. The summed E-state index contributed by atoms with van der Waals surface area (Å²) in [6, 6.07) is 6.41. The molecule has 440 valence electrons. The van der Waals surface area contributed by atoms with Crippen LogP contribution in [0.2, 0.25) is 0 Å². The number of carbonyl (C=O) groups excluding carboxylic acids is 3. The summed E-state index contributed by atoms with van der Waals surface area (Å²) in [6.07, 6.45) is -13.7. The summed E-state index contributed by atoms with van der Waals surface area (Å²) < 4.78 is 156. The van der Waals surface area contributed by atoms with Gasteiger partial charge in [-0.05, 0) is 102 Å². The molecule has 2 aromatic heterocycles. The number of ether oxygens (including phenoxy) is 2. The van der Waals surface area contributed by atoms with Gasteiger partial charge in [-0.2, -0.15) is 40.2 Å². The smallest absolute Gasteiger partial charge is 0.407 e. The number of anilines is 1. The van der Waals surface area contributed by atoms with Crippen LogP contribution >= 0.6 is 0 Å². The molecule has 6 atom stereocenters. The fraction of sp³-hybridized carbons (Fsp3) is 0.509. The molecule has 3 aliphatic heterocycles. The van der Waals surface area contributed by atoms with Crippen LogP contribution in [0.25, 0.3) is 11.3 Å². The molecule has 0 spiro atoms. The highest BCUT2D eigenvalue weighted by molar-refractivity contribution is 5.87. The van der Waals surface area contributed by atoms with E-state index in [2.05, 4.69) is 36.8 Å². The van der Waals surface area contributed by atoms with Gasteiger partial charge in [-0.25, -0.2) is 33.0 Å². The minimum Gasteiger partial charge on any atom is -0.465 e. The number of hydrogen-bond acceptors (Lipinski definition) is 12. The zero-order chi connectivity index (χ0) is 59.5. The second kappa shape index (κ2) is 24.5. The van der Waals surface area contributed by atoms with Crippen LogP contribution in [0, 0.1) is 41.2 Å². The Labute approximate surface area is 458 Å². The molecule has 2 bridgehead atoms. The SMILES string of the molecule is COC(=O)NC(C(=O)NC(Cc1ccc(C#Cc2ccc(N3CC4CCC(C3)N4C3COC3)nc2C)cc1)C(O)CN(Cc1c(F)cc(-c2ccn(C(F)F)n2)cc1F)NC(=O)C(NC(=O)O)C(C)(C)C(F)(F)F)C(C)(C)C(F)(F)F. The summed E-state index contributed by atoms with van der Waals surface area (Å²) in [4.78, 5) is 61.9. The number of hydrazine groups is 1. The van der Waals surface area contributed by atoms with Gasteiger partial charge < -0.3 is 40.5 Å². The molecule has 28 heteroatoms. The topological polar surface area (TPSA) is 216 Å². The lowest BCUT2D eigenvalue weighted by Gasteiger charge is -2.48. The van der Waals surface area contributed by atoms with Gasteiger partial charge in [-0.15, -0.1) is 0 Å². The fourth-order valence-corrected chi connectivity index (χ4v) is 9.83. The molecule has 6 unspecified atom stereocenters. The van der Waals surface area contributed by atoms with Crippen LogP contribution in [-0.2, 0) is 32.0 Å². The fourth-order valence-electron chi connectivity index (χ4n) is 9.83. The Hall–Kier alpha value is -7.22. The number of benzene rings is 2. The monoisotopic (exact) mass is 1150 g/mol. The molecule has 18 nitrogen and oxygen atoms in total. The number of fused-ring (bicyclic) bond motifs is 2. The molecule has 2 aromatic carbocycles. The van der Waals surface area contributed by atoms with E-state index in [1.54, 1.807) is 12.1 Å². The number of alkyl halides is 8. The van der Waals surface area contributed by atoms with E-state index in [0.717, 1.165) is 64.3 Å². The van der Waals surface area contributed by atoms with E-state index >= 15 is 8.78 Å². The number of methoxy groups -OCH3 is 1. The van der Waals surface area contributed by atoms with Gasteiger partial charge in [0.2, 0.25) is 5.91 Å². The average Bonchev–Trinajstić information content (AvgIpc) is 4.16. The number of alkyl carbamates (subject to hydrolysis) is 1. The van der Waals surface area contributed by atoms with E-state index in [4.69, 9.17) is 9.72 Å². The van der Waals surface area contributed by atoms with Gasteiger partial charge in [0.25, 0.3) is 5.91 Å². The number of amides is 4. The number of carboxylic acid groups (broad SMARTS) is 1. The van der Waals surface area contributed by atoms with E-state index in [1.165, 1.54) is 17.4 Å². The second-order valence-electron chi connectivity index (χ2n) is 21.2. The summed E-state index contributed by atoms with van der Waals surface area (Å²) in [5.41, 5.74) is -3.95. The number of nitrogens with zero attached hydrogens (tertiary/aromatic N) is 6. The number of hydrogen-bond donors (Lipinski definition) is 6. The van der Waals surface area contributed by atoms with Gasteiger partial charge in [0, 0.05) is 66.7 Å². The molecule has 3 saturated heterocycles. The Kier molecular flexibility index (Phi) is 18.6. The van der Waals surface area contributed by atoms with Crippen molar-refractivity contribution >= 4 is 29.8 Å². The molecule has 4 aromatic rings. The van der Waals surface area contributed by atoms with E-state index in [1.807, 2.05) is 29.8 Å². The maximum absolute atomic E-state index is 16.0. The van der Waals surface area contributed by atoms with Crippen molar-refractivity contribution in [3.63, 3.8) is 0 Å². The van der Waals surface area contributed by atoms with Crippen LogP contribution in [0.15, 0.2) is 60.8 Å². The maximum Gasteiger partial charge on any atom is 0.407 e. The van der Waals surface area contributed by atoms with Crippen LogP contribution in [0.5, 0.6) is 0 Å². The lowest BCUT2D eigenvalue weighted by Crippen LogP contribution is -2.63. The van der Waals surface area contributed by atoms with E-state index in [-0.39, 0.29) is 21.5 Å². The molecule has 3 fully saturated rings. The highest BCUT2D eigenvalue weighted by Gasteiger charge is 2.57. The van der Waals surface area contributed by atoms with Gasteiger partial charge >= 0.3 is 31.1 Å². The van der Waals surface area contributed by atoms with Gasteiger partial charge in [0.05, 0.1) is 60.7 Å². The lowest BCUT2D eigenvalue weighted by atomic mass is 9.82. The first-order chi connectivity index (χ1) is 37.9. The maximum atomic E-state index is 16.0. The summed E-state index contributed by atoms with van der Waals surface area (Å²) in [7, 11) is 0.813. The predicted molar refractivity (Wildman–Crippen MR) is 270 cm³/mol. The average molecular weight is 1160 g/mol. The van der Waals surface area contributed by atoms with E-state index in [0.29, 0.717) is 79.8 Å². The number of aliphatic hydroxyl groups is 1. The van der Waals surface area contributed by atoms with Crippen LogP contribution in [0.4, 0.5) is 59.3 Å². The Balaban J connectivity index is 1.19. The van der Waals surface area contributed by atoms with Crippen LogP contribution in [0.1, 0.15) is 75.0 Å². The third-order valence-corrected chi connectivity index (χ3v) is 14.9. The van der Waals surface area contributed by atoms with Gasteiger partial charge in [-0.3, -0.25) is 19.9 Å². The third kappa shape index (κ3) is 14.1. The molecular weight excluding hydrogens is 1090 g/mol. The minimum atomic E-state index is -5.29. The molecule has 7 rings (SSSR count). The molecule has 6 N–H and O–H groups in total. The minimum absolute atomic E-state index is 0.188. The summed E-state index contributed by atoms with van der Waals surface area (Å²) in [5.74, 6) is 0.734. The number of aromatic nitrogens is 3. The molecule has 3 aliphatic rings. The zero-order valence-electron chi connectivity index (χ0n) is 44.6. The molecule has 0 saturated carbocycles. The molecule has 4 amide bonds. The van der Waals surface area contributed by atoms with Crippen molar-refractivity contribution < 1.29 is 82.8 Å². The van der Waals surface area contributed by atoms with Crippen molar-refractivity contribution in [3.8, 4) is 23.1 Å². The first-order valence-electron chi connectivity index (χ1n) is 25.4. The van der Waals surface area contributed by atoms with Crippen molar-refractivity contribution in [2.45, 2.75) is 122 Å². The van der Waals surface area contributed by atoms with Crippen LogP contribution < -0.4 is 26.3 Å². The third-order valence-electron chi connectivity index (χ3n) is 14.9. The molecule has 81 heavy (non-hydrogen) atoms. The molecule has 5 heterocycles. The number of rotatable bonds is 19. The first-order valence-corrected chi connectivity index (χ1v) is 25.4. The number of nitrogens with one attached hydrogen (secondary N) is 4. The molecule has 0 radical (unpaired) electrons. The highest BCUT2D eigenvalue weighted by Crippen LogP contribution is 2.42. The van der Waals surface area contributed by atoms with Gasteiger partial charge in [0.15, 0.2) is 0 Å². The van der Waals surface area contributed by atoms with Crippen molar-refractivity contribution in [2.75, 3.05) is 44.9 Å². The van der Waals surface area contributed by atoms with E-state index in [9.17, 15) is 64.5 Å². The lowest BCUT2D eigenvalue weighted by molar-refractivity contribution is -0.221. The number of carbonyl (C=O) groups is 4. The summed E-state index contributed by atoms with van der Waals surface area (Å²) >= 11 is 0. The van der Waals surface area contributed by atoms with Gasteiger partial charge in [-0.1, -0.05) is 24.0 Å². The summed E-state index contributed by atoms with van der Waals surface area (Å²) in [5, 5.41) is 31.2. The largest absolute Gasteiger partial charge is 0.465 e. The number of piperazine rings is 1. The normalized spacial score (nSPS) is 18.5. The highest BCUT2D eigenvalue weighted by atomic mass is 19.4. The van der Waals surface area contributed by atoms with Crippen LogP contribution in [0.3, 0.4) is 0 Å².